The van der Waals surface area contributed by atoms with E-state index in [0.29, 0.717) is 6.04 Å². The third-order valence-electron chi connectivity index (χ3n) is 4.02. The number of nitrogens with one attached hydrogen (secondary N) is 1. The van der Waals surface area contributed by atoms with Gasteiger partial charge in [-0.05, 0) is 34.8 Å². The average Bonchev–Trinajstić information content (AvgIpc) is 3.01. The number of hydrogen-bond acceptors (Lipinski definition) is 6. The highest BCUT2D eigenvalue weighted by atomic mass is 79.9. The number of anilines is 2. The van der Waals surface area contributed by atoms with Crippen LogP contribution in [0.25, 0.3) is 0 Å². The van der Waals surface area contributed by atoms with E-state index in [-0.39, 0.29) is 5.91 Å². The van der Waals surface area contributed by atoms with Crippen molar-refractivity contribution in [3.05, 3.63) is 33.2 Å². The molecule has 1 amide bonds. The van der Waals surface area contributed by atoms with Crippen molar-refractivity contribution in [3.8, 4) is 0 Å². The highest BCUT2D eigenvalue weighted by Crippen LogP contribution is 2.23. The van der Waals surface area contributed by atoms with Gasteiger partial charge in [-0.3, -0.25) is 4.79 Å². The van der Waals surface area contributed by atoms with E-state index in [9.17, 15) is 4.79 Å². The standard InChI is InChI=1S/C16H20BrN5OS/c1-21(2)15-8-14(18-10-19-15)20-12-3-5-22(6-4-12)16(23)13-7-11(17)9-24-13/h7-10,12H,3-6H2,1-2H3,(H,18,19,20). The molecule has 2 aromatic rings. The summed E-state index contributed by atoms with van der Waals surface area (Å²) < 4.78 is 0.966. The van der Waals surface area contributed by atoms with Gasteiger partial charge in [-0.25, -0.2) is 9.97 Å². The Hall–Kier alpha value is -1.67. The smallest absolute Gasteiger partial charge is 0.263 e. The second-order valence-electron chi connectivity index (χ2n) is 6.00. The number of rotatable bonds is 4. The molecule has 0 atom stereocenters. The zero-order chi connectivity index (χ0) is 17.1. The third kappa shape index (κ3) is 4.05. The number of likely N-dealkylation sites (tertiary alicyclic amines) is 1. The number of piperidine rings is 1. The SMILES string of the molecule is CN(C)c1cc(NC2CCN(C(=O)c3cc(Br)cs3)CC2)ncn1. The van der Waals surface area contributed by atoms with Gasteiger partial charge in [0.1, 0.15) is 18.0 Å². The van der Waals surface area contributed by atoms with Crippen LogP contribution in [-0.4, -0.2) is 54.0 Å². The van der Waals surface area contributed by atoms with Crippen molar-refractivity contribution >= 4 is 44.8 Å². The van der Waals surface area contributed by atoms with Gasteiger partial charge in [-0.1, -0.05) is 0 Å². The summed E-state index contributed by atoms with van der Waals surface area (Å²) in [6.07, 6.45) is 3.41. The molecule has 1 aliphatic heterocycles. The lowest BCUT2D eigenvalue weighted by molar-refractivity contribution is 0.0723. The minimum atomic E-state index is 0.126. The Balaban J connectivity index is 1.55. The lowest BCUT2D eigenvalue weighted by Crippen LogP contribution is -2.42. The van der Waals surface area contributed by atoms with Crippen LogP contribution in [0.3, 0.4) is 0 Å². The van der Waals surface area contributed by atoms with E-state index in [4.69, 9.17) is 0 Å². The number of nitrogens with zero attached hydrogens (tertiary/aromatic N) is 4. The van der Waals surface area contributed by atoms with Gasteiger partial charge in [-0.15, -0.1) is 11.3 Å². The third-order valence-corrected chi connectivity index (χ3v) is 5.70. The van der Waals surface area contributed by atoms with Crippen molar-refractivity contribution in [2.24, 2.45) is 0 Å². The Morgan fingerprint density at radius 1 is 1.33 bits per heavy atom. The highest BCUT2D eigenvalue weighted by molar-refractivity contribution is 9.10. The lowest BCUT2D eigenvalue weighted by atomic mass is 10.0. The summed E-state index contributed by atoms with van der Waals surface area (Å²) in [6, 6.07) is 4.16. The molecule has 0 aliphatic carbocycles. The maximum atomic E-state index is 12.5. The van der Waals surface area contributed by atoms with Gasteiger partial charge in [0, 0.05) is 49.1 Å². The molecule has 3 heterocycles. The van der Waals surface area contributed by atoms with Crippen molar-refractivity contribution < 1.29 is 4.79 Å². The van der Waals surface area contributed by atoms with E-state index >= 15 is 0 Å². The first-order valence-corrected chi connectivity index (χ1v) is 9.49. The summed E-state index contributed by atoms with van der Waals surface area (Å²) >= 11 is 4.88. The molecular formula is C16H20BrN5OS. The number of aromatic nitrogens is 2. The number of amides is 1. The molecule has 1 N–H and O–H groups in total. The highest BCUT2D eigenvalue weighted by Gasteiger charge is 2.24. The average molecular weight is 410 g/mol. The largest absolute Gasteiger partial charge is 0.367 e. The first-order chi connectivity index (χ1) is 11.5. The molecule has 0 aromatic carbocycles. The second-order valence-corrected chi connectivity index (χ2v) is 7.82. The summed E-state index contributed by atoms with van der Waals surface area (Å²) in [5, 5.41) is 5.40. The number of thiophene rings is 1. The Labute approximate surface area is 154 Å². The van der Waals surface area contributed by atoms with Crippen molar-refractivity contribution in [1.29, 1.82) is 0 Å². The molecule has 0 radical (unpaired) electrons. The number of carbonyl (C=O) groups is 1. The fourth-order valence-electron chi connectivity index (χ4n) is 2.69. The molecule has 8 heteroatoms. The number of hydrogen-bond donors (Lipinski definition) is 1. The summed E-state index contributed by atoms with van der Waals surface area (Å²) in [6.45, 7) is 1.52. The zero-order valence-electron chi connectivity index (χ0n) is 13.7. The predicted molar refractivity (Wildman–Crippen MR) is 101 cm³/mol. The van der Waals surface area contributed by atoms with Crippen molar-refractivity contribution in [3.63, 3.8) is 0 Å². The molecule has 0 bridgehead atoms. The monoisotopic (exact) mass is 409 g/mol. The summed E-state index contributed by atoms with van der Waals surface area (Å²) in [7, 11) is 3.91. The van der Waals surface area contributed by atoms with Gasteiger partial charge in [-0.2, -0.15) is 0 Å². The molecule has 3 rings (SSSR count). The summed E-state index contributed by atoms with van der Waals surface area (Å²) in [5.41, 5.74) is 0. The van der Waals surface area contributed by atoms with Gasteiger partial charge in [0.25, 0.3) is 5.91 Å². The van der Waals surface area contributed by atoms with Gasteiger partial charge < -0.3 is 15.1 Å². The fourth-order valence-corrected chi connectivity index (χ4v) is 4.08. The first kappa shape index (κ1) is 17.2. The fraction of sp³-hybridized carbons (Fsp3) is 0.438. The molecule has 24 heavy (non-hydrogen) atoms. The molecule has 0 unspecified atom stereocenters. The van der Waals surface area contributed by atoms with E-state index in [2.05, 4.69) is 31.2 Å². The zero-order valence-corrected chi connectivity index (χ0v) is 16.1. The lowest BCUT2D eigenvalue weighted by Gasteiger charge is -2.32. The molecule has 1 aliphatic rings. The minimum Gasteiger partial charge on any atom is -0.367 e. The van der Waals surface area contributed by atoms with Crippen LogP contribution in [0.4, 0.5) is 11.6 Å². The minimum absolute atomic E-state index is 0.126. The van der Waals surface area contributed by atoms with E-state index in [1.54, 1.807) is 6.33 Å². The first-order valence-electron chi connectivity index (χ1n) is 7.82. The molecular weight excluding hydrogens is 390 g/mol. The molecule has 2 aromatic heterocycles. The van der Waals surface area contributed by atoms with Gasteiger partial charge >= 0.3 is 0 Å². The van der Waals surface area contributed by atoms with Gasteiger partial charge in [0.05, 0.1) is 4.88 Å². The van der Waals surface area contributed by atoms with Crippen molar-refractivity contribution in [2.45, 2.75) is 18.9 Å². The van der Waals surface area contributed by atoms with Crippen LogP contribution in [0.1, 0.15) is 22.5 Å². The molecule has 0 spiro atoms. The molecule has 1 saturated heterocycles. The molecule has 128 valence electrons. The van der Waals surface area contributed by atoms with Crippen molar-refractivity contribution in [1.82, 2.24) is 14.9 Å². The Morgan fingerprint density at radius 2 is 2.08 bits per heavy atom. The normalized spacial score (nSPS) is 15.4. The van der Waals surface area contributed by atoms with Gasteiger partial charge in [0.15, 0.2) is 0 Å². The Bertz CT molecular complexity index is 712. The molecule has 1 fully saturated rings. The van der Waals surface area contributed by atoms with E-state index in [1.165, 1.54) is 11.3 Å². The van der Waals surface area contributed by atoms with Crippen LogP contribution < -0.4 is 10.2 Å². The van der Waals surface area contributed by atoms with Crippen LogP contribution in [0, 0.1) is 0 Å². The van der Waals surface area contributed by atoms with E-state index < -0.39 is 0 Å². The molecule has 0 saturated carbocycles. The van der Waals surface area contributed by atoms with Crippen LogP contribution in [-0.2, 0) is 0 Å². The van der Waals surface area contributed by atoms with E-state index in [0.717, 1.165) is 46.9 Å². The maximum absolute atomic E-state index is 12.5. The molecule has 6 nitrogen and oxygen atoms in total. The predicted octanol–water partition coefficient (Wildman–Crippen LogP) is 3.08. The number of halogens is 1. The summed E-state index contributed by atoms with van der Waals surface area (Å²) in [5.74, 6) is 1.84. The van der Waals surface area contributed by atoms with Crippen LogP contribution >= 0.6 is 27.3 Å². The summed E-state index contributed by atoms with van der Waals surface area (Å²) in [4.78, 5) is 25.7. The van der Waals surface area contributed by atoms with Crippen LogP contribution in [0.5, 0.6) is 0 Å². The van der Waals surface area contributed by atoms with Crippen LogP contribution in [0.2, 0.25) is 0 Å². The number of carbonyl (C=O) groups excluding carboxylic acids is 1. The Morgan fingerprint density at radius 3 is 2.71 bits per heavy atom. The topological polar surface area (TPSA) is 61.4 Å². The van der Waals surface area contributed by atoms with Crippen LogP contribution in [0.15, 0.2) is 28.3 Å². The second kappa shape index (κ2) is 7.48. The van der Waals surface area contributed by atoms with E-state index in [1.807, 2.05) is 41.4 Å². The Kier molecular flexibility index (Phi) is 5.35. The maximum Gasteiger partial charge on any atom is 0.263 e. The van der Waals surface area contributed by atoms with Gasteiger partial charge in [0.2, 0.25) is 0 Å². The quantitative estimate of drug-likeness (QED) is 0.840. The van der Waals surface area contributed by atoms with Crippen molar-refractivity contribution in [2.75, 3.05) is 37.4 Å².